The highest BCUT2D eigenvalue weighted by atomic mass is 16.3. The molecule has 2 heterocycles. The zero-order valence-electron chi connectivity index (χ0n) is 8.53. The van der Waals surface area contributed by atoms with Gasteiger partial charge in [-0.25, -0.2) is 9.97 Å². The van der Waals surface area contributed by atoms with Crippen LogP contribution in [0.4, 0.5) is 5.69 Å². The maximum absolute atomic E-state index is 5.96. The van der Waals surface area contributed by atoms with Gasteiger partial charge < -0.3 is 10.2 Å². The van der Waals surface area contributed by atoms with Gasteiger partial charge in [-0.3, -0.25) is 0 Å². The first-order chi connectivity index (χ1) is 6.61. The summed E-state index contributed by atoms with van der Waals surface area (Å²) in [5.74, 6) is 0.295. The van der Waals surface area contributed by atoms with E-state index in [2.05, 4.69) is 23.8 Å². The summed E-state index contributed by atoms with van der Waals surface area (Å²) in [6.07, 6.45) is 1.40. The number of aryl methyl sites for hydroxylation is 1. The second-order valence-corrected chi connectivity index (χ2v) is 3.70. The minimum absolute atomic E-state index is 0.295. The standard InChI is InChI=1S/C10H13N3O/c1-5(2)8-7(11)6(3)9-10(13-8)14-4-12-9/h4-5H,11H2,1-3H3. The van der Waals surface area contributed by atoms with Crippen molar-refractivity contribution in [1.29, 1.82) is 0 Å². The Morgan fingerprint density at radius 2 is 2.14 bits per heavy atom. The Hall–Kier alpha value is -1.58. The molecule has 0 spiro atoms. The Balaban J connectivity index is 2.80. The molecule has 14 heavy (non-hydrogen) atoms. The third-order valence-corrected chi connectivity index (χ3v) is 2.35. The van der Waals surface area contributed by atoms with E-state index in [1.807, 2.05) is 6.92 Å². The number of rotatable bonds is 1. The number of hydrogen-bond acceptors (Lipinski definition) is 4. The fourth-order valence-electron chi connectivity index (χ4n) is 1.51. The third-order valence-electron chi connectivity index (χ3n) is 2.35. The molecule has 0 aliphatic rings. The summed E-state index contributed by atoms with van der Waals surface area (Å²) in [7, 11) is 0. The van der Waals surface area contributed by atoms with E-state index in [1.54, 1.807) is 0 Å². The SMILES string of the molecule is Cc1c(N)c(C(C)C)nc2ocnc12. The predicted octanol–water partition coefficient (Wildman–Crippen LogP) is 2.24. The maximum Gasteiger partial charge on any atom is 0.247 e. The lowest BCUT2D eigenvalue weighted by Gasteiger charge is -2.09. The number of pyridine rings is 1. The summed E-state index contributed by atoms with van der Waals surface area (Å²) >= 11 is 0. The zero-order chi connectivity index (χ0) is 10.3. The van der Waals surface area contributed by atoms with Crippen molar-refractivity contribution in [3.8, 4) is 0 Å². The van der Waals surface area contributed by atoms with Gasteiger partial charge in [0.2, 0.25) is 5.71 Å². The van der Waals surface area contributed by atoms with E-state index in [0.29, 0.717) is 11.6 Å². The molecule has 2 aromatic rings. The van der Waals surface area contributed by atoms with Crippen LogP contribution in [0.25, 0.3) is 11.2 Å². The molecule has 0 amide bonds. The molecule has 0 bridgehead atoms. The summed E-state index contributed by atoms with van der Waals surface area (Å²) in [5, 5.41) is 0. The normalized spacial score (nSPS) is 11.4. The zero-order valence-corrected chi connectivity index (χ0v) is 8.53. The van der Waals surface area contributed by atoms with Crippen LogP contribution in [0.2, 0.25) is 0 Å². The van der Waals surface area contributed by atoms with Crippen molar-refractivity contribution >= 4 is 16.9 Å². The molecule has 2 N–H and O–H groups in total. The van der Waals surface area contributed by atoms with E-state index in [4.69, 9.17) is 10.2 Å². The van der Waals surface area contributed by atoms with Crippen molar-refractivity contribution in [3.05, 3.63) is 17.7 Å². The number of fused-ring (bicyclic) bond motifs is 1. The number of anilines is 1. The third kappa shape index (κ3) is 1.14. The fourth-order valence-corrected chi connectivity index (χ4v) is 1.51. The number of aromatic nitrogens is 2. The monoisotopic (exact) mass is 191 g/mol. The second kappa shape index (κ2) is 2.97. The first-order valence-corrected chi connectivity index (χ1v) is 4.60. The lowest BCUT2D eigenvalue weighted by atomic mass is 10.0. The molecule has 2 aromatic heterocycles. The fraction of sp³-hybridized carbons (Fsp3) is 0.400. The molecule has 74 valence electrons. The van der Waals surface area contributed by atoms with Crippen LogP contribution in [-0.2, 0) is 0 Å². The van der Waals surface area contributed by atoms with Crippen molar-refractivity contribution < 1.29 is 4.42 Å². The molecule has 4 heteroatoms. The highest BCUT2D eigenvalue weighted by Gasteiger charge is 2.14. The summed E-state index contributed by atoms with van der Waals surface area (Å²) in [4.78, 5) is 8.41. The average Bonchev–Trinajstić information content (AvgIpc) is 2.58. The van der Waals surface area contributed by atoms with Gasteiger partial charge in [0.05, 0.1) is 11.4 Å². The molecule has 0 aliphatic heterocycles. The van der Waals surface area contributed by atoms with Crippen LogP contribution in [0.1, 0.15) is 31.0 Å². The molecular weight excluding hydrogens is 178 g/mol. The summed E-state index contributed by atoms with van der Waals surface area (Å²) in [6.45, 7) is 6.05. The Morgan fingerprint density at radius 1 is 1.43 bits per heavy atom. The Kier molecular flexibility index (Phi) is 1.91. The number of oxazole rings is 1. The molecule has 2 rings (SSSR count). The molecule has 0 fully saturated rings. The van der Waals surface area contributed by atoms with E-state index in [0.717, 1.165) is 22.5 Å². The van der Waals surface area contributed by atoms with E-state index in [9.17, 15) is 0 Å². The van der Waals surface area contributed by atoms with Gasteiger partial charge in [-0.2, -0.15) is 0 Å². The second-order valence-electron chi connectivity index (χ2n) is 3.70. The smallest absolute Gasteiger partial charge is 0.247 e. The molecule has 0 unspecified atom stereocenters. The van der Waals surface area contributed by atoms with Gasteiger partial charge in [0.25, 0.3) is 0 Å². The van der Waals surface area contributed by atoms with Crippen LogP contribution in [-0.4, -0.2) is 9.97 Å². The van der Waals surface area contributed by atoms with Crippen molar-refractivity contribution in [3.63, 3.8) is 0 Å². The van der Waals surface area contributed by atoms with Crippen molar-refractivity contribution in [2.24, 2.45) is 0 Å². The summed E-state index contributed by atoms with van der Waals surface area (Å²) < 4.78 is 5.17. The van der Waals surface area contributed by atoms with Gasteiger partial charge in [0, 0.05) is 5.56 Å². The highest BCUT2D eigenvalue weighted by molar-refractivity contribution is 5.79. The van der Waals surface area contributed by atoms with Crippen LogP contribution in [0, 0.1) is 6.92 Å². The Bertz CT molecular complexity index is 473. The number of hydrogen-bond donors (Lipinski definition) is 1. The summed E-state index contributed by atoms with van der Waals surface area (Å²) in [6, 6.07) is 0. The maximum atomic E-state index is 5.96. The van der Waals surface area contributed by atoms with Gasteiger partial charge >= 0.3 is 0 Å². The van der Waals surface area contributed by atoms with Crippen LogP contribution < -0.4 is 5.73 Å². The lowest BCUT2D eigenvalue weighted by molar-refractivity contribution is 0.587. The molecule has 0 aromatic carbocycles. The van der Waals surface area contributed by atoms with Crippen molar-refractivity contribution in [2.45, 2.75) is 26.7 Å². The van der Waals surface area contributed by atoms with E-state index in [1.165, 1.54) is 6.39 Å². The molecule has 0 saturated carbocycles. The Morgan fingerprint density at radius 3 is 2.79 bits per heavy atom. The molecule has 0 aliphatic carbocycles. The molecule has 4 nitrogen and oxygen atoms in total. The van der Waals surface area contributed by atoms with Crippen LogP contribution in [0.15, 0.2) is 10.8 Å². The quantitative estimate of drug-likeness (QED) is 0.750. The van der Waals surface area contributed by atoms with Crippen LogP contribution in [0.3, 0.4) is 0 Å². The first-order valence-electron chi connectivity index (χ1n) is 4.60. The van der Waals surface area contributed by atoms with Gasteiger partial charge in [0.15, 0.2) is 6.39 Å². The van der Waals surface area contributed by atoms with Crippen LogP contribution in [0.5, 0.6) is 0 Å². The summed E-state index contributed by atoms with van der Waals surface area (Å²) in [5.41, 5.74) is 9.85. The van der Waals surface area contributed by atoms with E-state index in [-0.39, 0.29) is 0 Å². The Labute approximate surface area is 82.1 Å². The molecular formula is C10H13N3O. The number of nitrogens with zero attached hydrogens (tertiary/aromatic N) is 2. The number of nitrogen functional groups attached to an aromatic ring is 1. The van der Waals surface area contributed by atoms with Crippen molar-refractivity contribution in [1.82, 2.24) is 9.97 Å². The lowest BCUT2D eigenvalue weighted by Crippen LogP contribution is -2.02. The molecule has 0 radical (unpaired) electrons. The van der Waals surface area contributed by atoms with Gasteiger partial charge in [-0.05, 0) is 12.8 Å². The number of nitrogens with two attached hydrogens (primary N) is 1. The predicted molar refractivity (Wildman–Crippen MR) is 55.0 cm³/mol. The largest absolute Gasteiger partial charge is 0.425 e. The van der Waals surface area contributed by atoms with Crippen molar-refractivity contribution in [2.75, 3.05) is 5.73 Å². The first kappa shape index (κ1) is 8.99. The molecule has 0 saturated heterocycles. The van der Waals surface area contributed by atoms with Gasteiger partial charge in [0.1, 0.15) is 5.52 Å². The van der Waals surface area contributed by atoms with E-state index >= 15 is 0 Å². The highest BCUT2D eigenvalue weighted by Crippen LogP contribution is 2.27. The minimum atomic E-state index is 0.295. The van der Waals surface area contributed by atoms with Gasteiger partial charge in [-0.15, -0.1) is 0 Å². The van der Waals surface area contributed by atoms with Crippen LogP contribution >= 0.6 is 0 Å². The average molecular weight is 191 g/mol. The van der Waals surface area contributed by atoms with E-state index < -0.39 is 0 Å². The molecule has 0 atom stereocenters. The minimum Gasteiger partial charge on any atom is -0.425 e. The van der Waals surface area contributed by atoms with Gasteiger partial charge in [-0.1, -0.05) is 13.8 Å². The topological polar surface area (TPSA) is 64.9 Å².